The Morgan fingerprint density at radius 3 is 2.75 bits per heavy atom. The van der Waals surface area contributed by atoms with Crippen LogP contribution in [0.4, 0.5) is 0 Å². The number of hydrogen-bond donors (Lipinski definition) is 1. The third-order valence-corrected chi connectivity index (χ3v) is 3.79. The standard InChI is InChI=1S/C18H21NO/c1-2-11-19-15-12-17-16(14-7-4-3-5-8-14)9-6-10-18(17)20-13-15/h3-10,15,19H,2,11-13H2,1H3. The van der Waals surface area contributed by atoms with Crippen LogP contribution >= 0.6 is 0 Å². The average molecular weight is 267 g/mol. The maximum absolute atomic E-state index is 5.93. The van der Waals surface area contributed by atoms with E-state index in [-0.39, 0.29) is 0 Å². The summed E-state index contributed by atoms with van der Waals surface area (Å²) in [5, 5.41) is 3.57. The van der Waals surface area contributed by atoms with Gasteiger partial charge in [0, 0.05) is 11.6 Å². The van der Waals surface area contributed by atoms with Gasteiger partial charge in [0.2, 0.25) is 0 Å². The third kappa shape index (κ3) is 2.70. The zero-order chi connectivity index (χ0) is 13.8. The first-order valence-electron chi connectivity index (χ1n) is 7.42. The Hall–Kier alpha value is -1.80. The third-order valence-electron chi connectivity index (χ3n) is 3.79. The highest BCUT2D eigenvalue weighted by molar-refractivity contribution is 5.70. The lowest BCUT2D eigenvalue weighted by molar-refractivity contribution is 0.239. The van der Waals surface area contributed by atoms with Crippen molar-refractivity contribution in [3.05, 3.63) is 54.1 Å². The lowest BCUT2D eigenvalue weighted by Gasteiger charge is -2.28. The van der Waals surface area contributed by atoms with Crippen molar-refractivity contribution in [3.63, 3.8) is 0 Å². The molecule has 1 heterocycles. The molecule has 2 aromatic carbocycles. The molecule has 0 fully saturated rings. The summed E-state index contributed by atoms with van der Waals surface area (Å²) < 4.78 is 5.93. The molecule has 0 saturated carbocycles. The van der Waals surface area contributed by atoms with Crippen molar-refractivity contribution in [2.75, 3.05) is 13.2 Å². The lowest BCUT2D eigenvalue weighted by Crippen LogP contribution is -2.39. The van der Waals surface area contributed by atoms with Crippen LogP contribution in [0.5, 0.6) is 5.75 Å². The molecule has 2 nitrogen and oxygen atoms in total. The molecule has 3 rings (SSSR count). The van der Waals surface area contributed by atoms with Crippen LogP contribution in [0.25, 0.3) is 11.1 Å². The summed E-state index contributed by atoms with van der Waals surface area (Å²) in [6, 6.07) is 17.3. The van der Waals surface area contributed by atoms with E-state index < -0.39 is 0 Å². The van der Waals surface area contributed by atoms with Gasteiger partial charge in [-0.25, -0.2) is 0 Å². The minimum absolute atomic E-state index is 0.423. The fourth-order valence-electron chi connectivity index (χ4n) is 2.77. The largest absolute Gasteiger partial charge is 0.492 e. The summed E-state index contributed by atoms with van der Waals surface area (Å²) in [6.45, 7) is 4.02. The molecule has 0 bridgehead atoms. The molecular weight excluding hydrogens is 246 g/mol. The molecule has 0 amide bonds. The topological polar surface area (TPSA) is 21.3 Å². The molecule has 0 saturated heterocycles. The first kappa shape index (κ1) is 13.2. The molecule has 1 aliphatic heterocycles. The van der Waals surface area contributed by atoms with E-state index in [9.17, 15) is 0 Å². The van der Waals surface area contributed by atoms with Gasteiger partial charge in [0.25, 0.3) is 0 Å². The maximum Gasteiger partial charge on any atom is 0.123 e. The van der Waals surface area contributed by atoms with E-state index in [0.717, 1.165) is 31.7 Å². The van der Waals surface area contributed by atoms with E-state index in [2.05, 4.69) is 60.8 Å². The van der Waals surface area contributed by atoms with E-state index in [1.165, 1.54) is 16.7 Å². The van der Waals surface area contributed by atoms with Gasteiger partial charge in [-0.05, 0) is 36.6 Å². The Kier molecular flexibility index (Phi) is 4.03. The van der Waals surface area contributed by atoms with Crippen LogP contribution in [-0.2, 0) is 6.42 Å². The van der Waals surface area contributed by atoms with Gasteiger partial charge in [-0.1, -0.05) is 49.4 Å². The van der Waals surface area contributed by atoms with E-state index >= 15 is 0 Å². The first-order chi connectivity index (χ1) is 9.88. The summed E-state index contributed by atoms with van der Waals surface area (Å²) in [4.78, 5) is 0. The Morgan fingerprint density at radius 1 is 1.10 bits per heavy atom. The summed E-state index contributed by atoms with van der Waals surface area (Å²) >= 11 is 0. The van der Waals surface area contributed by atoms with Crippen molar-refractivity contribution in [2.45, 2.75) is 25.8 Å². The second kappa shape index (κ2) is 6.10. The highest BCUT2D eigenvalue weighted by Gasteiger charge is 2.21. The van der Waals surface area contributed by atoms with Crippen LogP contribution in [0.3, 0.4) is 0 Å². The lowest BCUT2D eigenvalue weighted by atomic mass is 9.93. The monoisotopic (exact) mass is 267 g/mol. The summed E-state index contributed by atoms with van der Waals surface area (Å²) in [6.07, 6.45) is 2.20. The zero-order valence-electron chi connectivity index (χ0n) is 11.9. The van der Waals surface area contributed by atoms with Crippen molar-refractivity contribution in [1.82, 2.24) is 5.32 Å². The molecule has 104 valence electrons. The Morgan fingerprint density at radius 2 is 1.95 bits per heavy atom. The maximum atomic E-state index is 5.93. The van der Waals surface area contributed by atoms with Gasteiger partial charge in [0.1, 0.15) is 12.4 Å². The van der Waals surface area contributed by atoms with Crippen molar-refractivity contribution in [2.24, 2.45) is 0 Å². The molecule has 1 atom stereocenters. The second-order valence-electron chi connectivity index (χ2n) is 5.31. The van der Waals surface area contributed by atoms with Crippen LogP contribution in [0.2, 0.25) is 0 Å². The van der Waals surface area contributed by atoms with Crippen molar-refractivity contribution >= 4 is 0 Å². The molecule has 0 spiro atoms. The van der Waals surface area contributed by atoms with E-state index in [0.29, 0.717) is 6.04 Å². The molecule has 20 heavy (non-hydrogen) atoms. The van der Waals surface area contributed by atoms with Gasteiger partial charge in [-0.2, -0.15) is 0 Å². The Bertz CT molecular complexity index is 565. The number of nitrogens with one attached hydrogen (secondary N) is 1. The number of rotatable bonds is 4. The molecule has 2 heteroatoms. The highest BCUT2D eigenvalue weighted by atomic mass is 16.5. The van der Waals surface area contributed by atoms with Gasteiger partial charge < -0.3 is 10.1 Å². The van der Waals surface area contributed by atoms with E-state index in [1.807, 2.05) is 0 Å². The zero-order valence-corrected chi connectivity index (χ0v) is 11.9. The SMILES string of the molecule is CCCNC1COc2cccc(-c3ccccc3)c2C1. The van der Waals surface area contributed by atoms with Gasteiger partial charge in [-0.3, -0.25) is 0 Å². The van der Waals surface area contributed by atoms with Crippen LogP contribution in [0, 0.1) is 0 Å². The Labute approximate surface area is 120 Å². The molecule has 1 unspecified atom stereocenters. The smallest absolute Gasteiger partial charge is 0.123 e. The fraction of sp³-hybridized carbons (Fsp3) is 0.333. The van der Waals surface area contributed by atoms with E-state index in [1.54, 1.807) is 0 Å². The summed E-state index contributed by atoms with van der Waals surface area (Å²) in [5.74, 6) is 1.04. The molecular formula is C18H21NO. The van der Waals surface area contributed by atoms with Crippen LogP contribution in [0.1, 0.15) is 18.9 Å². The van der Waals surface area contributed by atoms with Crippen LogP contribution in [0.15, 0.2) is 48.5 Å². The van der Waals surface area contributed by atoms with Crippen LogP contribution in [-0.4, -0.2) is 19.2 Å². The fourth-order valence-corrected chi connectivity index (χ4v) is 2.77. The van der Waals surface area contributed by atoms with Crippen LogP contribution < -0.4 is 10.1 Å². The van der Waals surface area contributed by atoms with Crippen molar-refractivity contribution in [1.29, 1.82) is 0 Å². The van der Waals surface area contributed by atoms with Crippen molar-refractivity contribution in [3.8, 4) is 16.9 Å². The average Bonchev–Trinajstić information content (AvgIpc) is 2.53. The predicted octanol–water partition coefficient (Wildman–Crippen LogP) is 3.66. The summed E-state index contributed by atoms with van der Waals surface area (Å²) in [5.41, 5.74) is 3.90. The molecule has 1 N–H and O–H groups in total. The molecule has 1 aliphatic rings. The normalized spacial score (nSPS) is 17.4. The predicted molar refractivity (Wildman–Crippen MR) is 83.2 cm³/mol. The van der Waals surface area contributed by atoms with Gasteiger partial charge >= 0.3 is 0 Å². The van der Waals surface area contributed by atoms with Gasteiger partial charge in [0.15, 0.2) is 0 Å². The minimum atomic E-state index is 0.423. The van der Waals surface area contributed by atoms with Gasteiger partial charge in [0.05, 0.1) is 0 Å². The first-order valence-corrected chi connectivity index (χ1v) is 7.42. The van der Waals surface area contributed by atoms with E-state index in [4.69, 9.17) is 4.74 Å². The molecule has 0 aliphatic carbocycles. The number of fused-ring (bicyclic) bond motifs is 1. The summed E-state index contributed by atoms with van der Waals surface area (Å²) in [7, 11) is 0. The Balaban J connectivity index is 1.91. The van der Waals surface area contributed by atoms with Crippen molar-refractivity contribution < 1.29 is 4.74 Å². The number of benzene rings is 2. The number of hydrogen-bond acceptors (Lipinski definition) is 2. The molecule has 0 radical (unpaired) electrons. The minimum Gasteiger partial charge on any atom is -0.492 e. The quantitative estimate of drug-likeness (QED) is 0.913. The van der Waals surface area contributed by atoms with Gasteiger partial charge in [-0.15, -0.1) is 0 Å². The molecule has 2 aromatic rings. The number of ether oxygens (including phenoxy) is 1. The molecule has 0 aromatic heterocycles. The highest BCUT2D eigenvalue weighted by Crippen LogP contribution is 2.34. The second-order valence-corrected chi connectivity index (χ2v) is 5.31.